The Morgan fingerprint density at radius 1 is 1.30 bits per heavy atom. The van der Waals surface area contributed by atoms with E-state index in [2.05, 4.69) is 21.0 Å². The van der Waals surface area contributed by atoms with Crippen LogP contribution in [0, 0.1) is 0 Å². The van der Waals surface area contributed by atoms with Crippen molar-refractivity contribution in [3.8, 4) is 0 Å². The van der Waals surface area contributed by atoms with Crippen LogP contribution in [-0.2, 0) is 4.79 Å². The molecule has 1 unspecified atom stereocenters. The topological polar surface area (TPSA) is 92.1 Å². The van der Waals surface area contributed by atoms with Gasteiger partial charge in [0.05, 0.1) is 10.0 Å². The zero-order valence-electron chi connectivity index (χ0n) is 11.8. The number of amides is 1. The number of anilines is 2. The Balaban J connectivity index is 2.85. The number of nitrogen functional groups attached to an aromatic ring is 1. The van der Waals surface area contributed by atoms with Gasteiger partial charge in [0.2, 0.25) is 5.91 Å². The molecule has 0 aromatic carbocycles. The first kappa shape index (κ1) is 16.8. The van der Waals surface area contributed by atoms with Gasteiger partial charge in [0.1, 0.15) is 11.9 Å². The predicted molar refractivity (Wildman–Crippen MR) is 83.0 cm³/mol. The van der Waals surface area contributed by atoms with Crippen molar-refractivity contribution in [1.82, 2.24) is 10.3 Å². The van der Waals surface area contributed by atoms with Gasteiger partial charge >= 0.3 is 0 Å². The summed E-state index contributed by atoms with van der Waals surface area (Å²) in [5.74, 6) is 5.75. The van der Waals surface area contributed by atoms with E-state index in [9.17, 15) is 4.79 Å². The molecule has 1 aromatic rings. The maximum Gasteiger partial charge on any atom is 0.242 e. The van der Waals surface area contributed by atoms with Gasteiger partial charge < -0.3 is 16.1 Å². The van der Waals surface area contributed by atoms with Crippen LogP contribution in [0.4, 0.5) is 11.6 Å². The van der Waals surface area contributed by atoms with Gasteiger partial charge in [-0.15, -0.1) is 0 Å². The van der Waals surface area contributed by atoms with Gasteiger partial charge in [-0.05, 0) is 33.8 Å². The van der Waals surface area contributed by atoms with Crippen molar-refractivity contribution in [3.63, 3.8) is 0 Å². The molecule has 0 aliphatic heterocycles. The first-order valence-corrected chi connectivity index (χ1v) is 6.81. The van der Waals surface area contributed by atoms with Crippen LogP contribution in [0.3, 0.4) is 0 Å². The van der Waals surface area contributed by atoms with Crippen LogP contribution in [0.5, 0.6) is 0 Å². The Kier molecular flexibility index (Phi) is 5.44. The lowest BCUT2D eigenvalue weighted by molar-refractivity contribution is -0.122. The van der Waals surface area contributed by atoms with Crippen LogP contribution in [0.2, 0.25) is 10.0 Å². The zero-order chi connectivity index (χ0) is 15.5. The highest BCUT2D eigenvalue weighted by Gasteiger charge is 2.20. The van der Waals surface area contributed by atoms with E-state index in [1.54, 1.807) is 6.92 Å². The van der Waals surface area contributed by atoms with Gasteiger partial charge in [0.25, 0.3) is 0 Å². The van der Waals surface area contributed by atoms with Gasteiger partial charge in [-0.3, -0.25) is 4.79 Å². The Bertz CT molecular complexity index is 501. The van der Waals surface area contributed by atoms with E-state index in [-0.39, 0.29) is 17.3 Å². The lowest BCUT2D eigenvalue weighted by Gasteiger charge is -2.24. The first-order chi connectivity index (χ1) is 9.14. The van der Waals surface area contributed by atoms with Crippen LogP contribution in [0.25, 0.3) is 0 Å². The van der Waals surface area contributed by atoms with E-state index < -0.39 is 6.04 Å². The van der Waals surface area contributed by atoms with Crippen LogP contribution < -0.4 is 21.9 Å². The van der Waals surface area contributed by atoms with Gasteiger partial charge in [0.15, 0.2) is 5.82 Å². The summed E-state index contributed by atoms with van der Waals surface area (Å²) in [5, 5.41) is 6.40. The van der Waals surface area contributed by atoms with E-state index in [0.717, 1.165) is 0 Å². The monoisotopic (exact) mass is 319 g/mol. The minimum Gasteiger partial charge on any atom is -0.357 e. The number of rotatable bonds is 4. The fraction of sp³-hybridized carbons (Fsp3) is 0.500. The summed E-state index contributed by atoms with van der Waals surface area (Å²) < 4.78 is 0. The average molecular weight is 320 g/mol. The van der Waals surface area contributed by atoms with Crippen molar-refractivity contribution in [2.45, 2.75) is 39.3 Å². The highest BCUT2D eigenvalue weighted by Crippen LogP contribution is 2.29. The minimum atomic E-state index is -0.508. The summed E-state index contributed by atoms with van der Waals surface area (Å²) in [6.45, 7) is 7.42. The van der Waals surface area contributed by atoms with E-state index in [1.807, 2.05) is 20.8 Å². The van der Waals surface area contributed by atoms with Crippen molar-refractivity contribution in [3.05, 3.63) is 16.1 Å². The second-order valence-corrected chi connectivity index (χ2v) is 6.21. The molecular weight excluding hydrogens is 301 g/mol. The minimum absolute atomic E-state index is 0.160. The molecule has 20 heavy (non-hydrogen) atoms. The standard InChI is InChI=1S/C12H19Cl2N5O/c1-6(11(20)18-12(2,3)4)16-9-7(13)5-8(14)10(17-9)19-15/h5-6H,15H2,1-4H3,(H,18,20)(H2,16,17,19). The van der Waals surface area contributed by atoms with Crippen LogP contribution in [0.15, 0.2) is 6.07 Å². The molecule has 6 nitrogen and oxygen atoms in total. The SMILES string of the molecule is CC(Nc1nc(NN)c(Cl)cc1Cl)C(=O)NC(C)(C)C. The summed E-state index contributed by atoms with van der Waals surface area (Å²) in [6, 6.07) is 0.994. The summed E-state index contributed by atoms with van der Waals surface area (Å²) in [7, 11) is 0. The van der Waals surface area contributed by atoms with E-state index >= 15 is 0 Å². The molecule has 1 atom stereocenters. The zero-order valence-corrected chi connectivity index (χ0v) is 13.4. The van der Waals surface area contributed by atoms with Crippen molar-refractivity contribution >= 4 is 40.7 Å². The molecule has 1 heterocycles. The molecule has 5 N–H and O–H groups in total. The third-order valence-electron chi connectivity index (χ3n) is 2.31. The Hall–Kier alpha value is -1.24. The number of carbonyl (C=O) groups is 1. The normalized spacial score (nSPS) is 12.8. The maximum absolute atomic E-state index is 12.0. The molecule has 0 saturated carbocycles. The van der Waals surface area contributed by atoms with Crippen LogP contribution in [-0.4, -0.2) is 22.5 Å². The largest absolute Gasteiger partial charge is 0.357 e. The summed E-state index contributed by atoms with van der Waals surface area (Å²) >= 11 is 11.9. The molecule has 0 radical (unpaired) electrons. The highest BCUT2D eigenvalue weighted by atomic mass is 35.5. The summed E-state index contributed by atoms with van der Waals surface area (Å²) in [6.07, 6.45) is 0. The molecule has 0 aliphatic carbocycles. The van der Waals surface area contributed by atoms with Gasteiger partial charge in [-0.2, -0.15) is 0 Å². The molecule has 1 amide bonds. The van der Waals surface area contributed by atoms with E-state index in [4.69, 9.17) is 29.0 Å². The van der Waals surface area contributed by atoms with Crippen LogP contribution >= 0.6 is 23.2 Å². The quantitative estimate of drug-likeness (QED) is 0.505. The molecule has 0 bridgehead atoms. The third kappa shape index (κ3) is 4.70. The Morgan fingerprint density at radius 2 is 1.85 bits per heavy atom. The van der Waals surface area contributed by atoms with Crippen LogP contribution in [0.1, 0.15) is 27.7 Å². The third-order valence-corrected chi connectivity index (χ3v) is 2.89. The Labute approximate surface area is 128 Å². The average Bonchev–Trinajstić information content (AvgIpc) is 2.30. The van der Waals surface area contributed by atoms with E-state index in [1.165, 1.54) is 6.07 Å². The van der Waals surface area contributed by atoms with Crippen molar-refractivity contribution in [2.24, 2.45) is 5.84 Å². The number of nitrogens with zero attached hydrogens (tertiary/aromatic N) is 1. The molecule has 8 heteroatoms. The number of hydrazine groups is 1. The number of hydrogen-bond donors (Lipinski definition) is 4. The fourth-order valence-corrected chi connectivity index (χ4v) is 1.89. The second-order valence-electron chi connectivity index (χ2n) is 5.40. The highest BCUT2D eigenvalue weighted by molar-refractivity contribution is 6.37. The summed E-state index contributed by atoms with van der Waals surface area (Å²) in [4.78, 5) is 16.1. The van der Waals surface area contributed by atoms with Crippen molar-refractivity contribution in [1.29, 1.82) is 0 Å². The number of hydrogen-bond acceptors (Lipinski definition) is 5. The van der Waals surface area contributed by atoms with Gasteiger partial charge in [-0.25, -0.2) is 10.8 Å². The molecule has 0 saturated heterocycles. The molecule has 1 aromatic heterocycles. The number of halogens is 2. The first-order valence-electron chi connectivity index (χ1n) is 6.05. The molecule has 112 valence electrons. The summed E-state index contributed by atoms with van der Waals surface area (Å²) in [5.41, 5.74) is 2.05. The maximum atomic E-state index is 12.0. The van der Waals surface area contributed by atoms with Crippen molar-refractivity contribution < 1.29 is 4.79 Å². The van der Waals surface area contributed by atoms with Gasteiger partial charge in [0, 0.05) is 5.54 Å². The lowest BCUT2D eigenvalue weighted by Crippen LogP contribution is -2.47. The molecule has 1 rings (SSSR count). The lowest BCUT2D eigenvalue weighted by atomic mass is 10.1. The number of pyridine rings is 1. The Morgan fingerprint density at radius 3 is 2.35 bits per heavy atom. The molecule has 0 fully saturated rings. The number of nitrogens with one attached hydrogen (secondary N) is 3. The number of carbonyl (C=O) groups excluding carboxylic acids is 1. The number of nitrogens with two attached hydrogens (primary N) is 1. The van der Waals surface area contributed by atoms with Crippen molar-refractivity contribution in [2.75, 3.05) is 10.7 Å². The smallest absolute Gasteiger partial charge is 0.242 e. The molecule has 0 spiro atoms. The second kappa shape index (κ2) is 6.47. The molecular formula is C12H19Cl2N5O. The molecule has 0 aliphatic rings. The number of aromatic nitrogens is 1. The fourth-order valence-electron chi connectivity index (χ4n) is 1.42. The van der Waals surface area contributed by atoms with E-state index in [0.29, 0.717) is 15.9 Å². The van der Waals surface area contributed by atoms with Gasteiger partial charge in [-0.1, -0.05) is 23.2 Å². The predicted octanol–water partition coefficient (Wildman–Crippen LogP) is 2.39.